The summed E-state index contributed by atoms with van der Waals surface area (Å²) in [6.45, 7) is 1.83. The smallest absolute Gasteiger partial charge is 0.345 e. The minimum absolute atomic E-state index is 0.176. The number of carbonyl (C=O) groups excluding carboxylic acids is 1. The number of nitrogens with one attached hydrogen (secondary N) is 1. The van der Waals surface area contributed by atoms with E-state index in [2.05, 4.69) is 5.32 Å². The molecule has 106 valence electrons. The Labute approximate surface area is 118 Å². The van der Waals surface area contributed by atoms with Crippen molar-refractivity contribution in [3.8, 4) is 0 Å². The van der Waals surface area contributed by atoms with Gasteiger partial charge in [0, 0.05) is 10.4 Å². The number of carbonyl (C=O) groups is 1. The van der Waals surface area contributed by atoms with E-state index in [0.29, 0.717) is 0 Å². The van der Waals surface area contributed by atoms with Crippen LogP contribution in [0.25, 0.3) is 0 Å². The van der Waals surface area contributed by atoms with Crippen LogP contribution in [0.1, 0.15) is 33.8 Å². The van der Waals surface area contributed by atoms with Crippen molar-refractivity contribution in [2.75, 3.05) is 0 Å². The molecule has 2 aromatic rings. The molecule has 0 saturated carbocycles. The first-order valence-corrected chi connectivity index (χ1v) is 6.77. The summed E-state index contributed by atoms with van der Waals surface area (Å²) in [4.78, 5) is 12.9. The Kier molecular flexibility index (Phi) is 4.13. The predicted octanol–water partition coefficient (Wildman–Crippen LogP) is 4.26. The third kappa shape index (κ3) is 3.39. The number of alkyl halides is 3. The zero-order valence-corrected chi connectivity index (χ0v) is 11.4. The summed E-state index contributed by atoms with van der Waals surface area (Å²) in [7, 11) is 0. The molecular weight excluding hydrogens is 287 g/mol. The van der Waals surface area contributed by atoms with Crippen LogP contribution >= 0.6 is 11.3 Å². The second kappa shape index (κ2) is 5.66. The Morgan fingerprint density at radius 3 is 2.35 bits per heavy atom. The minimum atomic E-state index is -4.39. The molecule has 0 bridgehead atoms. The Morgan fingerprint density at radius 2 is 1.85 bits per heavy atom. The van der Waals surface area contributed by atoms with Gasteiger partial charge in [0.2, 0.25) is 0 Å². The van der Waals surface area contributed by atoms with Crippen LogP contribution < -0.4 is 5.32 Å². The third-order valence-corrected chi connectivity index (χ3v) is 3.85. The summed E-state index contributed by atoms with van der Waals surface area (Å²) in [5.41, 5.74) is -0.554. The quantitative estimate of drug-likeness (QED) is 0.901. The summed E-state index contributed by atoms with van der Waals surface area (Å²) >= 11 is 1.51. The fraction of sp³-hybridized carbons (Fsp3) is 0.214. The van der Waals surface area contributed by atoms with Crippen LogP contribution in [0.5, 0.6) is 0 Å². The summed E-state index contributed by atoms with van der Waals surface area (Å²) in [5.74, 6) is -0.389. The topological polar surface area (TPSA) is 29.1 Å². The third-order valence-electron chi connectivity index (χ3n) is 2.79. The molecule has 0 spiro atoms. The Hall–Kier alpha value is -1.82. The monoisotopic (exact) mass is 299 g/mol. The molecule has 6 heteroatoms. The Bertz CT molecular complexity index is 575. The molecule has 1 amide bonds. The van der Waals surface area contributed by atoms with Gasteiger partial charge in [0.05, 0.1) is 11.6 Å². The molecule has 0 radical (unpaired) electrons. The van der Waals surface area contributed by atoms with Gasteiger partial charge < -0.3 is 5.32 Å². The fourth-order valence-electron chi connectivity index (χ4n) is 1.70. The van der Waals surface area contributed by atoms with Crippen molar-refractivity contribution in [1.82, 2.24) is 5.32 Å². The maximum atomic E-state index is 12.4. The van der Waals surface area contributed by atoms with Crippen molar-refractivity contribution in [3.05, 3.63) is 57.8 Å². The summed E-state index contributed by atoms with van der Waals surface area (Å²) in [5, 5.41) is 4.65. The molecule has 20 heavy (non-hydrogen) atoms. The van der Waals surface area contributed by atoms with Crippen molar-refractivity contribution in [3.63, 3.8) is 0 Å². The van der Waals surface area contributed by atoms with Gasteiger partial charge in [-0.2, -0.15) is 13.2 Å². The molecule has 0 aliphatic carbocycles. The lowest BCUT2D eigenvalue weighted by Crippen LogP contribution is -2.26. The van der Waals surface area contributed by atoms with Crippen LogP contribution in [0.4, 0.5) is 13.2 Å². The highest BCUT2D eigenvalue weighted by atomic mass is 32.1. The average Bonchev–Trinajstić information content (AvgIpc) is 2.91. The molecular formula is C14H12F3NOS. The molecule has 1 aromatic carbocycles. The van der Waals surface area contributed by atoms with E-state index in [9.17, 15) is 18.0 Å². The number of thiophene rings is 1. The molecule has 2 rings (SSSR count). The van der Waals surface area contributed by atoms with Crippen LogP contribution in [0.3, 0.4) is 0 Å². The van der Waals surface area contributed by atoms with E-state index in [1.165, 1.54) is 23.5 Å². The van der Waals surface area contributed by atoms with E-state index in [0.717, 1.165) is 17.0 Å². The van der Waals surface area contributed by atoms with Gasteiger partial charge in [-0.15, -0.1) is 11.3 Å². The Balaban J connectivity index is 2.06. The van der Waals surface area contributed by atoms with Gasteiger partial charge in [-0.05, 0) is 42.6 Å². The van der Waals surface area contributed by atoms with E-state index < -0.39 is 11.7 Å². The molecule has 1 heterocycles. The lowest BCUT2D eigenvalue weighted by molar-refractivity contribution is -0.137. The summed E-state index contributed by atoms with van der Waals surface area (Å²) in [6, 6.07) is 7.77. The SMILES string of the molecule is CC(NC(=O)c1ccc(C(F)(F)F)cc1)c1cccs1. The van der Waals surface area contributed by atoms with Crippen molar-refractivity contribution in [2.45, 2.75) is 19.1 Å². The van der Waals surface area contributed by atoms with Gasteiger partial charge in [0.25, 0.3) is 5.91 Å². The van der Waals surface area contributed by atoms with Crippen molar-refractivity contribution in [1.29, 1.82) is 0 Å². The lowest BCUT2D eigenvalue weighted by atomic mass is 10.1. The van der Waals surface area contributed by atoms with Gasteiger partial charge in [-0.3, -0.25) is 4.79 Å². The van der Waals surface area contributed by atoms with Crippen LogP contribution in [0.15, 0.2) is 41.8 Å². The molecule has 1 atom stereocenters. The standard InChI is InChI=1S/C14H12F3NOS/c1-9(12-3-2-8-20-12)18-13(19)10-4-6-11(7-5-10)14(15,16)17/h2-9H,1H3,(H,18,19). The maximum absolute atomic E-state index is 12.4. The van der Waals surface area contributed by atoms with Gasteiger partial charge in [-0.25, -0.2) is 0 Å². The predicted molar refractivity (Wildman–Crippen MR) is 71.6 cm³/mol. The van der Waals surface area contributed by atoms with Crippen LogP contribution in [0, 0.1) is 0 Å². The van der Waals surface area contributed by atoms with Crippen LogP contribution in [0.2, 0.25) is 0 Å². The second-order valence-electron chi connectivity index (χ2n) is 4.29. The number of hydrogen-bond donors (Lipinski definition) is 1. The first-order valence-electron chi connectivity index (χ1n) is 5.89. The molecule has 0 fully saturated rings. The highest BCUT2D eigenvalue weighted by Gasteiger charge is 2.30. The molecule has 0 aliphatic heterocycles. The van der Waals surface area contributed by atoms with Crippen molar-refractivity contribution < 1.29 is 18.0 Å². The second-order valence-corrected chi connectivity index (χ2v) is 5.26. The van der Waals surface area contributed by atoms with E-state index in [-0.39, 0.29) is 17.5 Å². The van der Waals surface area contributed by atoms with Crippen LogP contribution in [-0.2, 0) is 6.18 Å². The average molecular weight is 299 g/mol. The van der Waals surface area contributed by atoms with Gasteiger partial charge in [0.15, 0.2) is 0 Å². The molecule has 0 aliphatic rings. The van der Waals surface area contributed by atoms with Gasteiger partial charge >= 0.3 is 6.18 Å². The highest BCUT2D eigenvalue weighted by molar-refractivity contribution is 7.10. The number of benzene rings is 1. The normalized spacial score (nSPS) is 13.0. The zero-order valence-electron chi connectivity index (χ0n) is 10.6. The number of rotatable bonds is 3. The molecule has 1 aromatic heterocycles. The van der Waals surface area contributed by atoms with Crippen molar-refractivity contribution in [2.24, 2.45) is 0 Å². The zero-order chi connectivity index (χ0) is 14.8. The summed E-state index contributed by atoms with van der Waals surface area (Å²) < 4.78 is 37.3. The lowest BCUT2D eigenvalue weighted by Gasteiger charge is -2.13. The van der Waals surface area contributed by atoms with E-state index in [1.54, 1.807) is 0 Å². The number of amides is 1. The van der Waals surface area contributed by atoms with Crippen LogP contribution in [-0.4, -0.2) is 5.91 Å². The molecule has 2 nitrogen and oxygen atoms in total. The van der Waals surface area contributed by atoms with Crippen molar-refractivity contribution >= 4 is 17.2 Å². The largest absolute Gasteiger partial charge is 0.416 e. The molecule has 1 unspecified atom stereocenters. The minimum Gasteiger partial charge on any atom is -0.345 e. The highest BCUT2D eigenvalue weighted by Crippen LogP contribution is 2.29. The number of halogens is 3. The molecule has 0 saturated heterocycles. The van der Waals surface area contributed by atoms with E-state index in [4.69, 9.17) is 0 Å². The van der Waals surface area contributed by atoms with E-state index >= 15 is 0 Å². The Morgan fingerprint density at radius 1 is 1.20 bits per heavy atom. The molecule has 1 N–H and O–H groups in total. The van der Waals surface area contributed by atoms with Gasteiger partial charge in [-0.1, -0.05) is 6.07 Å². The first-order chi connectivity index (χ1) is 9.38. The van der Waals surface area contributed by atoms with Gasteiger partial charge in [0.1, 0.15) is 0 Å². The maximum Gasteiger partial charge on any atom is 0.416 e. The number of hydrogen-bond acceptors (Lipinski definition) is 2. The van der Waals surface area contributed by atoms with E-state index in [1.807, 2.05) is 24.4 Å². The fourth-order valence-corrected chi connectivity index (χ4v) is 2.43. The summed E-state index contributed by atoms with van der Waals surface area (Å²) in [6.07, 6.45) is -4.39. The first kappa shape index (κ1) is 14.6.